The van der Waals surface area contributed by atoms with Crippen LogP contribution in [0.4, 0.5) is 5.95 Å². The van der Waals surface area contributed by atoms with Gasteiger partial charge in [-0.05, 0) is 12.8 Å². The standard InChI is InChI=1S/C7H14N4/c1-5(2)6(3)11-4-9-7(8)10-11/h4-6H,1-3H3,(H2,8,10). The van der Waals surface area contributed by atoms with Crippen molar-refractivity contribution in [3.05, 3.63) is 6.33 Å². The predicted octanol–water partition coefficient (Wildman–Crippen LogP) is 1.08. The number of hydrogen-bond donors (Lipinski definition) is 1. The fourth-order valence-corrected chi connectivity index (χ4v) is 0.790. The van der Waals surface area contributed by atoms with E-state index >= 15 is 0 Å². The summed E-state index contributed by atoms with van der Waals surface area (Å²) in [5.74, 6) is 0.897. The highest BCUT2D eigenvalue weighted by atomic mass is 15.4. The van der Waals surface area contributed by atoms with E-state index in [9.17, 15) is 0 Å². The molecule has 1 aromatic heterocycles. The lowest BCUT2D eigenvalue weighted by atomic mass is 10.1. The first-order valence-electron chi connectivity index (χ1n) is 3.78. The summed E-state index contributed by atoms with van der Waals surface area (Å²) in [6, 6.07) is 0.361. The van der Waals surface area contributed by atoms with Gasteiger partial charge in [-0.15, -0.1) is 5.10 Å². The first-order valence-corrected chi connectivity index (χ1v) is 3.78. The molecule has 0 aromatic carbocycles. The first-order chi connectivity index (χ1) is 5.11. The minimum absolute atomic E-state index is 0.345. The summed E-state index contributed by atoms with van der Waals surface area (Å²) in [7, 11) is 0. The lowest BCUT2D eigenvalue weighted by molar-refractivity contribution is 0.375. The third kappa shape index (κ3) is 1.69. The number of hydrogen-bond acceptors (Lipinski definition) is 3. The van der Waals surface area contributed by atoms with Crippen LogP contribution in [0.15, 0.2) is 6.33 Å². The van der Waals surface area contributed by atoms with Crippen LogP contribution in [0.2, 0.25) is 0 Å². The number of nitrogen functional groups attached to an aromatic ring is 1. The SMILES string of the molecule is CC(C)C(C)n1cnc(N)n1. The molecule has 0 radical (unpaired) electrons. The van der Waals surface area contributed by atoms with Crippen LogP contribution in [0.1, 0.15) is 26.8 Å². The minimum Gasteiger partial charge on any atom is -0.367 e. The summed E-state index contributed by atoms with van der Waals surface area (Å²) in [5, 5.41) is 4.02. The Morgan fingerprint density at radius 2 is 2.09 bits per heavy atom. The molecule has 1 unspecified atom stereocenters. The Morgan fingerprint density at radius 1 is 1.45 bits per heavy atom. The van der Waals surface area contributed by atoms with E-state index < -0.39 is 0 Å². The zero-order valence-corrected chi connectivity index (χ0v) is 7.15. The molecule has 62 valence electrons. The van der Waals surface area contributed by atoms with Crippen molar-refractivity contribution in [2.24, 2.45) is 5.92 Å². The van der Waals surface area contributed by atoms with E-state index in [0.29, 0.717) is 17.9 Å². The molecule has 0 bridgehead atoms. The highest BCUT2D eigenvalue weighted by molar-refractivity contribution is 5.09. The van der Waals surface area contributed by atoms with Gasteiger partial charge in [-0.1, -0.05) is 13.8 Å². The molecule has 0 saturated carbocycles. The highest BCUT2D eigenvalue weighted by Crippen LogP contribution is 2.14. The van der Waals surface area contributed by atoms with Gasteiger partial charge in [0.25, 0.3) is 0 Å². The van der Waals surface area contributed by atoms with Crippen molar-refractivity contribution in [3.8, 4) is 0 Å². The molecule has 0 amide bonds. The van der Waals surface area contributed by atoms with E-state index in [0.717, 1.165) is 0 Å². The Kier molecular flexibility index (Phi) is 2.12. The molecule has 1 aromatic rings. The summed E-state index contributed by atoms with van der Waals surface area (Å²) in [6.45, 7) is 6.38. The summed E-state index contributed by atoms with van der Waals surface area (Å²) in [5.41, 5.74) is 5.37. The minimum atomic E-state index is 0.345. The zero-order chi connectivity index (χ0) is 8.43. The van der Waals surface area contributed by atoms with Crippen LogP contribution in [0, 0.1) is 5.92 Å². The molecular weight excluding hydrogens is 140 g/mol. The predicted molar refractivity (Wildman–Crippen MR) is 44.0 cm³/mol. The van der Waals surface area contributed by atoms with Crippen LogP contribution in [-0.2, 0) is 0 Å². The molecule has 0 fully saturated rings. The van der Waals surface area contributed by atoms with Gasteiger partial charge in [-0.2, -0.15) is 0 Å². The van der Waals surface area contributed by atoms with E-state index in [1.807, 2.05) is 0 Å². The van der Waals surface area contributed by atoms with Crippen LogP contribution >= 0.6 is 0 Å². The quantitative estimate of drug-likeness (QED) is 0.693. The maximum absolute atomic E-state index is 5.37. The second-order valence-electron chi connectivity index (χ2n) is 3.07. The molecule has 0 aliphatic heterocycles. The summed E-state index contributed by atoms with van der Waals surface area (Å²) in [6.07, 6.45) is 1.67. The van der Waals surface area contributed by atoms with Crippen LogP contribution in [0.25, 0.3) is 0 Å². The third-order valence-corrected chi connectivity index (χ3v) is 1.91. The molecular formula is C7H14N4. The molecule has 0 spiro atoms. The average molecular weight is 154 g/mol. The number of anilines is 1. The van der Waals surface area contributed by atoms with Crippen molar-refractivity contribution in [1.29, 1.82) is 0 Å². The molecule has 4 nitrogen and oxygen atoms in total. The number of rotatable bonds is 2. The second-order valence-corrected chi connectivity index (χ2v) is 3.07. The van der Waals surface area contributed by atoms with Crippen molar-refractivity contribution < 1.29 is 0 Å². The van der Waals surface area contributed by atoms with Crippen molar-refractivity contribution in [1.82, 2.24) is 14.8 Å². The molecule has 1 rings (SSSR count). The van der Waals surface area contributed by atoms with Gasteiger partial charge in [0.2, 0.25) is 5.95 Å². The zero-order valence-electron chi connectivity index (χ0n) is 7.15. The first kappa shape index (κ1) is 8.04. The van der Waals surface area contributed by atoms with E-state index in [-0.39, 0.29) is 0 Å². The van der Waals surface area contributed by atoms with E-state index in [1.54, 1.807) is 11.0 Å². The van der Waals surface area contributed by atoms with E-state index in [4.69, 9.17) is 5.73 Å². The number of aromatic nitrogens is 3. The maximum Gasteiger partial charge on any atom is 0.239 e. The van der Waals surface area contributed by atoms with Gasteiger partial charge in [0.05, 0.1) is 6.04 Å². The molecule has 0 aliphatic rings. The average Bonchev–Trinajstić information content (AvgIpc) is 2.34. The Labute approximate surface area is 66.4 Å². The van der Waals surface area contributed by atoms with Gasteiger partial charge >= 0.3 is 0 Å². The Morgan fingerprint density at radius 3 is 2.45 bits per heavy atom. The summed E-state index contributed by atoms with van der Waals surface area (Å²) in [4.78, 5) is 3.85. The van der Waals surface area contributed by atoms with E-state index in [1.165, 1.54) is 0 Å². The van der Waals surface area contributed by atoms with Gasteiger partial charge in [0.1, 0.15) is 6.33 Å². The monoisotopic (exact) mass is 154 g/mol. The summed E-state index contributed by atoms with van der Waals surface area (Å²) >= 11 is 0. The van der Waals surface area contributed by atoms with Crippen molar-refractivity contribution in [2.75, 3.05) is 5.73 Å². The van der Waals surface area contributed by atoms with Crippen LogP contribution < -0.4 is 5.73 Å². The Hall–Kier alpha value is -1.06. The highest BCUT2D eigenvalue weighted by Gasteiger charge is 2.09. The van der Waals surface area contributed by atoms with Crippen molar-refractivity contribution in [3.63, 3.8) is 0 Å². The molecule has 0 aliphatic carbocycles. The van der Waals surface area contributed by atoms with E-state index in [2.05, 4.69) is 30.9 Å². The van der Waals surface area contributed by atoms with Crippen molar-refractivity contribution in [2.45, 2.75) is 26.8 Å². The fraction of sp³-hybridized carbons (Fsp3) is 0.714. The van der Waals surface area contributed by atoms with Crippen LogP contribution in [-0.4, -0.2) is 14.8 Å². The third-order valence-electron chi connectivity index (χ3n) is 1.91. The molecule has 1 atom stereocenters. The lowest BCUT2D eigenvalue weighted by Gasteiger charge is -2.14. The normalized spacial score (nSPS) is 13.8. The lowest BCUT2D eigenvalue weighted by Crippen LogP contribution is -2.12. The molecule has 0 saturated heterocycles. The molecule has 4 heteroatoms. The van der Waals surface area contributed by atoms with Gasteiger partial charge in [0.15, 0.2) is 0 Å². The van der Waals surface area contributed by atoms with Gasteiger partial charge in [-0.25, -0.2) is 9.67 Å². The second kappa shape index (κ2) is 2.90. The molecule has 1 heterocycles. The number of nitrogens with zero attached hydrogens (tertiary/aromatic N) is 3. The van der Waals surface area contributed by atoms with Crippen LogP contribution in [0.3, 0.4) is 0 Å². The summed E-state index contributed by atoms with van der Waals surface area (Å²) < 4.78 is 1.79. The van der Waals surface area contributed by atoms with Crippen molar-refractivity contribution >= 4 is 5.95 Å². The maximum atomic E-state index is 5.37. The smallest absolute Gasteiger partial charge is 0.239 e. The Balaban J connectivity index is 2.76. The fourth-order valence-electron chi connectivity index (χ4n) is 0.790. The largest absolute Gasteiger partial charge is 0.367 e. The number of nitrogens with two attached hydrogens (primary N) is 1. The molecule has 11 heavy (non-hydrogen) atoms. The van der Waals surface area contributed by atoms with Crippen LogP contribution in [0.5, 0.6) is 0 Å². The topological polar surface area (TPSA) is 56.7 Å². The van der Waals surface area contributed by atoms with Gasteiger partial charge in [0, 0.05) is 0 Å². The Bertz CT molecular complexity index is 228. The molecule has 2 N–H and O–H groups in total. The van der Waals surface area contributed by atoms with Gasteiger partial charge in [-0.3, -0.25) is 0 Å². The van der Waals surface area contributed by atoms with Gasteiger partial charge < -0.3 is 5.73 Å².